The minimum Gasteiger partial charge on any atom is -0.497 e. The molecule has 0 bridgehead atoms. The summed E-state index contributed by atoms with van der Waals surface area (Å²) < 4.78 is 22.1. The summed E-state index contributed by atoms with van der Waals surface area (Å²) in [6, 6.07) is 18.4. The van der Waals surface area contributed by atoms with E-state index in [4.69, 9.17) is 18.9 Å². The first-order valence-corrected chi connectivity index (χ1v) is 13.0. The fourth-order valence-corrected chi connectivity index (χ4v) is 4.04. The van der Waals surface area contributed by atoms with Crippen molar-refractivity contribution >= 4 is 29.0 Å². The number of hydrogen-bond acceptors (Lipinski definition) is 7. The topological polar surface area (TPSA) is 77.0 Å². The summed E-state index contributed by atoms with van der Waals surface area (Å²) in [6.07, 6.45) is -0.713. The highest BCUT2D eigenvalue weighted by molar-refractivity contribution is 6.05. The Balaban J connectivity index is 2.45. The van der Waals surface area contributed by atoms with Crippen LogP contribution in [0.2, 0.25) is 0 Å². The van der Waals surface area contributed by atoms with E-state index in [9.17, 15) is 9.59 Å². The molecule has 7 heteroatoms. The number of methoxy groups -OCH3 is 2. The number of rotatable bonds is 9. The molecular formula is C32H39NO6+. The highest BCUT2D eigenvalue weighted by Gasteiger charge is 2.39. The van der Waals surface area contributed by atoms with Crippen LogP contribution in [0.3, 0.4) is 0 Å². The number of hydrogen-bond donors (Lipinski definition) is 0. The Morgan fingerprint density at radius 1 is 0.667 bits per heavy atom. The van der Waals surface area contributed by atoms with Crippen LogP contribution in [0.25, 0.3) is 0 Å². The molecule has 0 amide bonds. The molecule has 0 unspecified atom stereocenters. The molecule has 0 aromatic heterocycles. The number of anilines is 3. The predicted octanol–water partition coefficient (Wildman–Crippen LogP) is 7.57. The molecule has 1 radical (unpaired) electrons. The molecule has 0 atom stereocenters. The van der Waals surface area contributed by atoms with E-state index in [-0.39, 0.29) is 28.7 Å². The van der Waals surface area contributed by atoms with E-state index in [1.165, 1.54) is 0 Å². The van der Waals surface area contributed by atoms with E-state index in [1.807, 2.05) is 86.3 Å². The van der Waals surface area contributed by atoms with E-state index in [0.29, 0.717) is 28.6 Å². The molecule has 0 N–H and O–H groups in total. The molecule has 0 saturated carbocycles. The Hall–Kier alpha value is -3.84. The molecule has 3 rings (SSSR count). The van der Waals surface area contributed by atoms with Crippen molar-refractivity contribution in [3.8, 4) is 11.5 Å². The standard InChI is InChI=1S/C32H39NO6/c1-20(2)38-30(34)27-18-22(32(5,6)7)19-28(31(35)39-21(3)4)29(27)33(23-10-14-25(36-8)15-11-23)24-12-16-26(37-9)17-13-24/h10-21H,1-9H3/q+1. The normalized spacial score (nSPS) is 11.6. The summed E-state index contributed by atoms with van der Waals surface area (Å²) >= 11 is 0. The first kappa shape index (κ1) is 29.7. The molecule has 0 aliphatic carbocycles. The third-order valence-electron chi connectivity index (χ3n) is 5.99. The zero-order valence-electron chi connectivity index (χ0n) is 24.3. The van der Waals surface area contributed by atoms with Crippen LogP contribution in [-0.2, 0) is 14.9 Å². The van der Waals surface area contributed by atoms with E-state index >= 15 is 0 Å². The SMILES string of the molecule is COc1ccc([N+](c2ccc(OC)cc2)c2c(C(=O)OC(C)C)cc(C(C)(C)C)cc2C(=O)OC(C)C)cc1. The van der Waals surface area contributed by atoms with Gasteiger partial charge in [-0.05, 0) is 75.1 Å². The number of benzene rings is 3. The van der Waals surface area contributed by atoms with Crippen molar-refractivity contribution in [2.45, 2.75) is 66.1 Å². The van der Waals surface area contributed by atoms with E-state index in [1.54, 1.807) is 41.9 Å². The zero-order valence-corrected chi connectivity index (χ0v) is 24.3. The van der Waals surface area contributed by atoms with Gasteiger partial charge in [0.1, 0.15) is 22.6 Å². The average Bonchev–Trinajstić information content (AvgIpc) is 2.88. The second kappa shape index (κ2) is 12.3. The van der Waals surface area contributed by atoms with Crippen LogP contribution in [-0.4, -0.2) is 38.4 Å². The Labute approximate surface area is 231 Å². The Morgan fingerprint density at radius 2 is 1.03 bits per heavy atom. The number of carbonyl (C=O) groups excluding carboxylic acids is 2. The fraction of sp³-hybridized carbons (Fsp3) is 0.375. The number of esters is 2. The molecule has 0 heterocycles. The largest absolute Gasteiger partial charge is 0.497 e. The monoisotopic (exact) mass is 533 g/mol. The van der Waals surface area contributed by atoms with Gasteiger partial charge in [-0.1, -0.05) is 25.7 Å². The summed E-state index contributed by atoms with van der Waals surface area (Å²) in [7, 11) is 3.20. The summed E-state index contributed by atoms with van der Waals surface area (Å²) in [5.41, 5.74) is 2.76. The summed E-state index contributed by atoms with van der Waals surface area (Å²) in [6.45, 7) is 13.3. The Morgan fingerprint density at radius 3 is 1.31 bits per heavy atom. The zero-order chi connectivity index (χ0) is 28.9. The van der Waals surface area contributed by atoms with Crippen molar-refractivity contribution in [3.05, 3.63) is 77.4 Å². The molecule has 0 aliphatic rings. The second-order valence-corrected chi connectivity index (χ2v) is 10.8. The van der Waals surface area contributed by atoms with Gasteiger partial charge in [0.05, 0.1) is 26.4 Å². The molecule has 39 heavy (non-hydrogen) atoms. The first-order valence-electron chi connectivity index (χ1n) is 13.0. The minimum atomic E-state index is -0.531. The molecule has 0 spiro atoms. The van der Waals surface area contributed by atoms with Crippen molar-refractivity contribution < 1.29 is 28.5 Å². The smallest absolute Gasteiger partial charge is 0.344 e. The van der Waals surface area contributed by atoms with Gasteiger partial charge in [0.25, 0.3) is 0 Å². The van der Waals surface area contributed by atoms with Gasteiger partial charge in [-0.3, -0.25) is 0 Å². The molecule has 0 aliphatic heterocycles. The van der Waals surface area contributed by atoms with Crippen molar-refractivity contribution in [1.82, 2.24) is 4.90 Å². The van der Waals surface area contributed by atoms with E-state index in [2.05, 4.69) is 0 Å². The lowest BCUT2D eigenvalue weighted by atomic mass is 9.84. The van der Waals surface area contributed by atoms with Crippen molar-refractivity contribution in [2.75, 3.05) is 14.2 Å². The summed E-state index contributed by atoms with van der Waals surface area (Å²) in [5.74, 6) is 0.291. The fourth-order valence-electron chi connectivity index (χ4n) is 4.04. The van der Waals surface area contributed by atoms with E-state index < -0.39 is 11.9 Å². The van der Waals surface area contributed by atoms with Crippen LogP contribution in [0.1, 0.15) is 74.7 Å². The van der Waals surface area contributed by atoms with Crippen LogP contribution in [0.15, 0.2) is 60.7 Å². The minimum absolute atomic E-state index is 0.262. The molecule has 207 valence electrons. The van der Waals surface area contributed by atoms with Gasteiger partial charge < -0.3 is 18.9 Å². The van der Waals surface area contributed by atoms with Gasteiger partial charge in [-0.25, -0.2) is 9.59 Å². The van der Waals surface area contributed by atoms with Crippen LogP contribution < -0.4 is 14.4 Å². The van der Waals surface area contributed by atoms with Gasteiger partial charge in [0.2, 0.25) is 5.69 Å². The lowest BCUT2D eigenvalue weighted by molar-refractivity contribution is 0.0378. The highest BCUT2D eigenvalue weighted by atomic mass is 16.5. The third kappa shape index (κ3) is 7.18. The predicted molar refractivity (Wildman–Crippen MR) is 153 cm³/mol. The molecule has 7 nitrogen and oxygen atoms in total. The number of nitrogens with zero attached hydrogens (tertiary/aromatic N) is 1. The highest BCUT2D eigenvalue weighted by Crippen LogP contribution is 2.42. The van der Waals surface area contributed by atoms with Crippen LogP contribution in [0, 0.1) is 0 Å². The maximum Gasteiger partial charge on any atom is 0.344 e. The van der Waals surface area contributed by atoms with E-state index in [0.717, 1.165) is 5.56 Å². The average molecular weight is 534 g/mol. The van der Waals surface area contributed by atoms with Crippen molar-refractivity contribution in [2.24, 2.45) is 0 Å². The maximum absolute atomic E-state index is 13.7. The second-order valence-electron chi connectivity index (χ2n) is 10.8. The van der Waals surface area contributed by atoms with Crippen molar-refractivity contribution in [1.29, 1.82) is 0 Å². The van der Waals surface area contributed by atoms with Crippen LogP contribution >= 0.6 is 0 Å². The Bertz CT molecular complexity index is 1200. The lowest BCUT2D eigenvalue weighted by Crippen LogP contribution is -2.25. The van der Waals surface area contributed by atoms with Crippen molar-refractivity contribution in [3.63, 3.8) is 0 Å². The first-order chi connectivity index (χ1) is 18.3. The molecular weight excluding hydrogens is 494 g/mol. The lowest BCUT2D eigenvalue weighted by Gasteiger charge is -2.24. The quantitative estimate of drug-likeness (QED) is 0.209. The molecule has 0 saturated heterocycles. The van der Waals surface area contributed by atoms with Gasteiger partial charge >= 0.3 is 11.9 Å². The molecule has 3 aromatic carbocycles. The van der Waals surface area contributed by atoms with Gasteiger partial charge in [-0.15, -0.1) is 0 Å². The maximum atomic E-state index is 13.7. The molecule has 3 aromatic rings. The summed E-state index contributed by atoms with van der Waals surface area (Å²) in [4.78, 5) is 29.2. The van der Waals surface area contributed by atoms with Gasteiger partial charge in [0, 0.05) is 24.3 Å². The number of ether oxygens (including phenoxy) is 4. The van der Waals surface area contributed by atoms with Gasteiger partial charge in [0.15, 0.2) is 11.4 Å². The van der Waals surface area contributed by atoms with Crippen LogP contribution in [0.4, 0.5) is 17.1 Å². The van der Waals surface area contributed by atoms with Gasteiger partial charge in [-0.2, -0.15) is 0 Å². The van der Waals surface area contributed by atoms with Crippen LogP contribution in [0.5, 0.6) is 11.5 Å². The summed E-state index contributed by atoms with van der Waals surface area (Å²) in [5, 5.41) is 0. The number of carbonyl (C=O) groups is 2. The Kier molecular flexibility index (Phi) is 9.41. The molecule has 0 fully saturated rings. The third-order valence-corrected chi connectivity index (χ3v) is 5.99.